The summed E-state index contributed by atoms with van der Waals surface area (Å²) in [5, 5.41) is 2.81. The molecule has 0 aliphatic heterocycles. The largest absolute Gasteiger partial charge is 0.323 e. The molecule has 0 heterocycles. The minimum absolute atomic E-state index is 0.0426. The zero-order valence-corrected chi connectivity index (χ0v) is 14.7. The van der Waals surface area contributed by atoms with Gasteiger partial charge in [0, 0.05) is 17.3 Å². The smallest absolute Gasteiger partial charge is 0.248 e. The van der Waals surface area contributed by atoms with Crippen LogP contribution in [0.5, 0.6) is 0 Å². The van der Waals surface area contributed by atoms with Gasteiger partial charge in [-0.25, -0.2) is 0 Å². The molecule has 0 bridgehead atoms. The fourth-order valence-corrected chi connectivity index (χ4v) is 2.47. The molecule has 3 aromatic carbocycles. The van der Waals surface area contributed by atoms with E-state index in [0.29, 0.717) is 11.3 Å². The first-order valence-electron chi connectivity index (χ1n) is 8.62. The molecule has 3 heteroatoms. The minimum atomic E-state index is -0.193. The minimum Gasteiger partial charge on any atom is -0.323 e. The van der Waals surface area contributed by atoms with Crippen molar-refractivity contribution in [1.82, 2.24) is 0 Å². The molecule has 0 unspecified atom stereocenters. The van der Waals surface area contributed by atoms with Gasteiger partial charge >= 0.3 is 0 Å². The lowest BCUT2D eigenvalue weighted by atomic mass is 10.1. The van der Waals surface area contributed by atoms with Crippen LogP contribution in [0, 0.1) is 0 Å². The Bertz CT molecular complexity index is 956. The van der Waals surface area contributed by atoms with E-state index in [9.17, 15) is 9.59 Å². The van der Waals surface area contributed by atoms with E-state index in [-0.39, 0.29) is 11.7 Å². The number of allylic oxidation sites excluding steroid dienone is 1. The molecular weight excluding hydrogens is 334 g/mol. The maximum absolute atomic E-state index is 12.1. The summed E-state index contributed by atoms with van der Waals surface area (Å²) < 4.78 is 0. The highest BCUT2D eigenvalue weighted by atomic mass is 16.1. The molecule has 0 fully saturated rings. The van der Waals surface area contributed by atoms with Gasteiger partial charge in [0.25, 0.3) is 0 Å². The molecule has 3 nitrogen and oxygen atoms in total. The first kappa shape index (κ1) is 18.1. The molecule has 132 valence electrons. The van der Waals surface area contributed by atoms with E-state index in [2.05, 4.69) is 5.32 Å². The van der Waals surface area contributed by atoms with Crippen LogP contribution in [0.25, 0.3) is 12.2 Å². The zero-order chi connectivity index (χ0) is 18.9. The summed E-state index contributed by atoms with van der Waals surface area (Å²) in [6.07, 6.45) is 6.57. The van der Waals surface area contributed by atoms with Crippen LogP contribution in [0.1, 0.15) is 21.5 Å². The third-order valence-corrected chi connectivity index (χ3v) is 3.89. The molecule has 0 saturated heterocycles. The topological polar surface area (TPSA) is 46.2 Å². The molecule has 0 aliphatic carbocycles. The van der Waals surface area contributed by atoms with E-state index in [1.807, 2.05) is 60.7 Å². The molecule has 0 spiro atoms. The van der Waals surface area contributed by atoms with Crippen molar-refractivity contribution >= 4 is 29.5 Å². The third-order valence-electron chi connectivity index (χ3n) is 3.89. The van der Waals surface area contributed by atoms with Gasteiger partial charge < -0.3 is 5.32 Å². The fraction of sp³-hybridized carbons (Fsp3) is 0. The molecule has 3 aromatic rings. The second kappa shape index (κ2) is 9.11. The number of hydrogen-bond donors (Lipinski definition) is 1. The number of amides is 1. The number of benzene rings is 3. The van der Waals surface area contributed by atoms with Crippen LogP contribution in [0.3, 0.4) is 0 Å². The van der Waals surface area contributed by atoms with Crippen molar-refractivity contribution in [2.24, 2.45) is 0 Å². The highest BCUT2D eigenvalue weighted by Crippen LogP contribution is 2.12. The van der Waals surface area contributed by atoms with E-state index in [0.717, 1.165) is 11.1 Å². The van der Waals surface area contributed by atoms with Crippen molar-refractivity contribution in [2.75, 3.05) is 5.32 Å². The Balaban J connectivity index is 1.57. The Labute approximate surface area is 158 Å². The van der Waals surface area contributed by atoms with E-state index >= 15 is 0 Å². The summed E-state index contributed by atoms with van der Waals surface area (Å²) in [5.74, 6) is -0.236. The normalized spacial score (nSPS) is 11.0. The molecule has 0 saturated carbocycles. The summed E-state index contributed by atoms with van der Waals surface area (Å²) in [7, 11) is 0. The van der Waals surface area contributed by atoms with E-state index in [1.54, 1.807) is 42.5 Å². The molecule has 1 N–H and O–H groups in total. The van der Waals surface area contributed by atoms with Gasteiger partial charge in [0.2, 0.25) is 5.91 Å². The lowest BCUT2D eigenvalue weighted by Gasteiger charge is -2.02. The molecular formula is C24H19NO2. The van der Waals surface area contributed by atoms with Gasteiger partial charge in [-0.1, -0.05) is 78.9 Å². The Morgan fingerprint density at radius 3 is 1.85 bits per heavy atom. The average molecular weight is 353 g/mol. The SMILES string of the molecule is O=C(C=Cc1ccccc1)Nc1ccc(C=CC(=O)c2ccccc2)cc1. The molecule has 0 aliphatic rings. The van der Waals surface area contributed by atoms with Crippen LogP contribution in [0.2, 0.25) is 0 Å². The van der Waals surface area contributed by atoms with Gasteiger partial charge in [-0.15, -0.1) is 0 Å². The summed E-state index contributed by atoms with van der Waals surface area (Å²) in [5.41, 5.74) is 3.21. The number of nitrogens with one attached hydrogen (secondary N) is 1. The Hall–Kier alpha value is -3.72. The predicted molar refractivity (Wildman–Crippen MR) is 110 cm³/mol. The van der Waals surface area contributed by atoms with E-state index in [4.69, 9.17) is 0 Å². The second-order valence-electron chi connectivity index (χ2n) is 5.92. The van der Waals surface area contributed by atoms with Gasteiger partial charge in [0.15, 0.2) is 5.78 Å². The molecule has 27 heavy (non-hydrogen) atoms. The maximum Gasteiger partial charge on any atom is 0.248 e. The van der Waals surface area contributed by atoms with Gasteiger partial charge in [-0.2, -0.15) is 0 Å². The van der Waals surface area contributed by atoms with Crippen LogP contribution in [0.4, 0.5) is 5.69 Å². The predicted octanol–water partition coefficient (Wildman–Crippen LogP) is 5.23. The van der Waals surface area contributed by atoms with Gasteiger partial charge in [-0.05, 0) is 35.4 Å². The van der Waals surface area contributed by atoms with Crippen LogP contribution in [-0.2, 0) is 4.79 Å². The zero-order valence-electron chi connectivity index (χ0n) is 14.7. The number of anilines is 1. The van der Waals surface area contributed by atoms with Crippen LogP contribution < -0.4 is 5.32 Å². The number of hydrogen-bond acceptors (Lipinski definition) is 2. The summed E-state index contributed by atoms with van der Waals surface area (Å²) in [6.45, 7) is 0. The highest BCUT2D eigenvalue weighted by Gasteiger charge is 2.00. The number of carbonyl (C=O) groups excluding carboxylic acids is 2. The van der Waals surface area contributed by atoms with Crippen molar-refractivity contribution in [3.05, 3.63) is 114 Å². The number of ketones is 1. The van der Waals surface area contributed by atoms with Crippen LogP contribution >= 0.6 is 0 Å². The highest BCUT2D eigenvalue weighted by molar-refractivity contribution is 6.06. The molecule has 0 atom stereocenters. The maximum atomic E-state index is 12.1. The Kier molecular flexibility index (Phi) is 6.10. The Morgan fingerprint density at radius 1 is 0.630 bits per heavy atom. The van der Waals surface area contributed by atoms with Crippen LogP contribution in [0.15, 0.2) is 97.1 Å². The quantitative estimate of drug-likeness (QED) is 0.487. The van der Waals surface area contributed by atoms with Crippen molar-refractivity contribution in [3.63, 3.8) is 0 Å². The summed E-state index contributed by atoms with van der Waals surface area (Å²) >= 11 is 0. The van der Waals surface area contributed by atoms with Crippen LogP contribution in [-0.4, -0.2) is 11.7 Å². The van der Waals surface area contributed by atoms with E-state index in [1.165, 1.54) is 6.08 Å². The van der Waals surface area contributed by atoms with Crippen molar-refractivity contribution in [2.45, 2.75) is 0 Å². The monoisotopic (exact) mass is 353 g/mol. The lowest BCUT2D eigenvalue weighted by molar-refractivity contribution is -0.111. The molecule has 1 amide bonds. The second-order valence-corrected chi connectivity index (χ2v) is 5.92. The molecule has 0 aromatic heterocycles. The summed E-state index contributed by atoms with van der Waals surface area (Å²) in [4.78, 5) is 24.1. The lowest BCUT2D eigenvalue weighted by Crippen LogP contribution is -2.07. The first-order valence-corrected chi connectivity index (χ1v) is 8.62. The molecule has 3 rings (SSSR count). The van der Waals surface area contributed by atoms with Gasteiger partial charge in [0.1, 0.15) is 0 Å². The third kappa shape index (κ3) is 5.65. The van der Waals surface area contributed by atoms with Crippen molar-refractivity contribution in [1.29, 1.82) is 0 Å². The van der Waals surface area contributed by atoms with Gasteiger partial charge in [-0.3, -0.25) is 9.59 Å². The summed E-state index contributed by atoms with van der Waals surface area (Å²) in [6, 6.07) is 26.1. The van der Waals surface area contributed by atoms with Crippen molar-refractivity contribution in [3.8, 4) is 0 Å². The van der Waals surface area contributed by atoms with Crippen molar-refractivity contribution < 1.29 is 9.59 Å². The average Bonchev–Trinajstić information content (AvgIpc) is 2.73. The number of carbonyl (C=O) groups is 2. The molecule has 0 radical (unpaired) electrons. The first-order chi connectivity index (χ1) is 13.2. The Morgan fingerprint density at radius 2 is 1.19 bits per heavy atom. The van der Waals surface area contributed by atoms with E-state index < -0.39 is 0 Å². The standard InChI is InChI=1S/C24H19NO2/c26-23(21-9-5-2-6-10-21)17-13-20-11-15-22(16-12-20)25-24(27)18-14-19-7-3-1-4-8-19/h1-18H,(H,25,27). The fourth-order valence-electron chi connectivity index (χ4n) is 2.47. The van der Waals surface area contributed by atoms with Gasteiger partial charge in [0.05, 0.1) is 0 Å². The number of rotatable bonds is 6.